The largest absolute Gasteiger partial charge is 0.299 e. The van der Waals surface area contributed by atoms with Crippen molar-refractivity contribution in [2.45, 2.75) is 51.9 Å². The molecule has 1 atom stereocenters. The molecular weight excluding hydrogens is 298 g/mol. The van der Waals surface area contributed by atoms with E-state index in [4.69, 9.17) is 5.84 Å². The predicted molar refractivity (Wildman–Crippen MR) is 84.7 cm³/mol. The number of nitrogens with zero attached hydrogens (tertiary/aromatic N) is 1. The van der Waals surface area contributed by atoms with Gasteiger partial charge < -0.3 is 0 Å². The van der Waals surface area contributed by atoms with E-state index < -0.39 is 11.8 Å². The highest BCUT2D eigenvalue weighted by Crippen LogP contribution is 2.15. The van der Waals surface area contributed by atoms with Crippen molar-refractivity contribution in [1.82, 2.24) is 10.3 Å². The van der Waals surface area contributed by atoms with Crippen molar-refractivity contribution in [3.8, 4) is 0 Å². The third kappa shape index (κ3) is 5.94. The number of nitrogens with one attached hydrogen (secondary N) is 1. The SMILES string of the molecule is CCCCC(C(=O)CCCCCN1C(=O)C=CC1=O)C(=O)NN. The van der Waals surface area contributed by atoms with Gasteiger partial charge in [-0.15, -0.1) is 0 Å². The lowest BCUT2D eigenvalue weighted by Crippen LogP contribution is -2.39. The van der Waals surface area contributed by atoms with Crippen LogP contribution in [0.2, 0.25) is 0 Å². The fourth-order valence-corrected chi connectivity index (χ4v) is 2.52. The summed E-state index contributed by atoms with van der Waals surface area (Å²) in [5.74, 6) is 3.35. The van der Waals surface area contributed by atoms with Gasteiger partial charge in [0.2, 0.25) is 5.91 Å². The maximum absolute atomic E-state index is 12.1. The average molecular weight is 323 g/mol. The highest BCUT2D eigenvalue weighted by Gasteiger charge is 2.25. The molecule has 0 bridgehead atoms. The lowest BCUT2D eigenvalue weighted by Gasteiger charge is -2.15. The maximum atomic E-state index is 12.1. The van der Waals surface area contributed by atoms with Gasteiger partial charge in [0.25, 0.3) is 11.8 Å². The van der Waals surface area contributed by atoms with Gasteiger partial charge >= 0.3 is 0 Å². The van der Waals surface area contributed by atoms with Crippen LogP contribution in [0.1, 0.15) is 51.9 Å². The molecule has 0 saturated heterocycles. The molecule has 0 aromatic rings. The second kappa shape index (κ2) is 9.89. The number of nitrogens with two attached hydrogens (primary N) is 1. The number of ketones is 1. The summed E-state index contributed by atoms with van der Waals surface area (Å²) < 4.78 is 0. The van der Waals surface area contributed by atoms with Crippen LogP contribution in [0.25, 0.3) is 0 Å². The van der Waals surface area contributed by atoms with Gasteiger partial charge in [-0.2, -0.15) is 0 Å². The highest BCUT2D eigenvalue weighted by atomic mass is 16.2. The van der Waals surface area contributed by atoms with E-state index in [2.05, 4.69) is 5.43 Å². The second-order valence-corrected chi connectivity index (χ2v) is 5.64. The molecule has 1 rings (SSSR count). The first-order chi connectivity index (χ1) is 11.0. The molecule has 0 aromatic heterocycles. The summed E-state index contributed by atoms with van der Waals surface area (Å²) >= 11 is 0. The molecule has 1 unspecified atom stereocenters. The average Bonchev–Trinajstić information content (AvgIpc) is 2.86. The van der Waals surface area contributed by atoms with Crippen molar-refractivity contribution in [2.24, 2.45) is 11.8 Å². The standard InChI is InChI=1S/C16H25N3O4/c1-2-3-7-12(16(23)18-17)13(20)8-5-4-6-11-19-14(21)9-10-15(19)22/h9-10,12H,2-8,11,17H2,1H3,(H,18,23). The van der Waals surface area contributed by atoms with Gasteiger partial charge in [-0.25, -0.2) is 5.84 Å². The molecule has 1 aliphatic heterocycles. The smallest absolute Gasteiger partial charge is 0.253 e. The molecule has 1 heterocycles. The summed E-state index contributed by atoms with van der Waals surface area (Å²) in [6, 6.07) is 0. The minimum absolute atomic E-state index is 0.101. The first-order valence-corrected chi connectivity index (χ1v) is 8.08. The lowest BCUT2D eigenvalue weighted by molar-refractivity contribution is -0.137. The van der Waals surface area contributed by atoms with Gasteiger partial charge in [-0.05, 0) is 19.3 Å². The Balaban J connectivity index is 2.27. The van der Waals surface area contributed by atoms with Gasteiger partial charge in [-0.1, -0.05) is 26.2 Å². The van der Waals surface area contributed by atoms with Crippen LogP contribution in [0.4, 0.5) is 0 Å². The zero-order valence-electron chi connectivity index (χ0n) is 13.5. The number of carbonyl (C=O) groups excluding carboxylic acids is 4. The molecular formula is C16H25N3O4. The molecule has 7 heteroatoms. The minimum atomic E-state index is -0.675. The first kappa shape index (κ1) is 19.0. The molecule has 0 aromatic carbocycles. The Morgan fingerprint density at radius 1 is 1.13 bits per heavy atom. The van der Waals surface area contributed by atoms with E-state index in [0.717, 1.165) is 12.8 Å². The molecule has 3 N–H and O–H groups in total. The summed E-state index contributed by atoms with van der Waals surface area (Å²) in [5, 5.41) is 0. The van der Waals surface area contributed by atoms with Gasteiger partial charge in [0.15, 0.2) is 0 Å². The molecule has 0 fully saturated rings. The van der Waals surface area contributed by atoms with Gasteiger partial charge in [0.05, 0.1) is 5.92 Å². The summed E-state index contributed by atoms with van der Waals surface area (Å²) in [5.41, 5.74) is 2.05. The Labute approximate surface area is 136 Å². The third-order valence-electron chi connectivity index (χ3n) is 3.90. The Kier molecular flexibility index (Phi) is 8.18. The second-order valence-electron chi connectivity index (χ2n) is 5.64. The fraction of sp³-hybridized carbons (Fsp3) is 0.625. The van der Waals surface area contributed by atoms with Crippen LogP contribution in [0.3, 0.4) is 0 Å². The normalized spacial score (nSPS) is 15.1. The Bertz CT molecular complexity index is 470. The first-order valence-electron chi connectivity index (χ1n) is 8.08. The molecule has 128 valence electrons. The van der Waals surface area contributed by atoms with Crippen molar-refractivity contribution in [3.63, 3.8) is 0 Å². The fourth-order valence-electron chi connectivity index (χ4n) is 2.52. The number of carbonyl (C=O) groups is 4. The van der Waals surface area contributed by atoms with Gasteiger partial charge in [0, 0.05) is 25.1 Å². The number of imide groups is 1. The molecule has 1 aliphatic rings. The molecule has 0 spiro atoms. The summed E-state index contributed by atoms with van der Waals surface area (Å²) in [4.78, 5) is 47.7. The molecule has 0 aliphatic carbocycles. The Morgan fingerprint density at radius 3 is 2.35 bits per heavy atom. The summed E-state index contributed by atoms with van der Waals surface area (Å²) in [7, 11) is 0. The van der Waals surface area contributed by atoms with E-state index in [1.807, 2.05) is 6.92 Å². The topological polar surface area (TPSA) is 110 Å². The quantitative estimate of drug-likeness (QED) is 0.146. The Morgan fingerprint density at radius 2 is 1.78 bits per heavy atom. The zero-order valence-corrected chi connectivity index (χ0v) is 13.5. The van der Waals surface area contributed by atoms with Crippen LogP contribution in [0.15, 0.2) is 12.2 Å². The van der Waals surface area contributed by atoms with E-state index in [9.17, 15) is 19.2 Å². The zero-order chi connectivity index (χ0) is 17.2. The van der Waals surface area contributed by atoms with Crippen LogP contribution >= 0.6 is 0 Å². The van der Waals surface area contributed by atoms with Crippen LogP contribution in [0, 0.1) is 5.92 Å². The van der Waals surface area contributed by atoms with Crippen LogP contribution in [-0.4, -0.2) is 34.9 Å². The number of hydrogen-bond acceptors (Lipinski definition) is 5. The monoisotopic (exact) mass is 323 g/mol. The van der Waals surface area contributed by atoms with Crippen LogP contribution in [-0.2, 0) is 19.2 Å². The third-order valence-corrected chi connectivity index (χ3v) is 3.90. The van der Waals surface area contributed by atoms with Crippen LogP contribution < -0.4 is 11.3 Å². The van der Waals surface area contributed by atoms with Crippen molar-refractivity contribution in [1.29, 1.82) is 0 Å². The van der Waals surface area contributed by atoms with Gasteiger partial charge in [-0.3, -0.25) is 29.5 Å². The molecule has 0 saturated carbocycles. The van der Waals surface area contributed by atoms with Crippen molar-refractivity contribution in [3.05, 3.63) is 12.2 Å². The van der Waals surface area contributed by atoms with E-state index in [1.165, 1.54) is 17.1 Å². The van der Waals surface area contributed by atoms with E-state index in [1.54, 1.807) is 0 Å². The number of hydrazine groups is 1. The number of unbranched alkanes of at least 4 members (excludes halogenated alkanes) is 3. The predicted octanol–water partition coefficient (Wildman–Crippen LogP) is 0.837. The molecule has 0 radical (unpaired) electrons. The van der Waals surface area contributed by atoms with Crippen molar-refractivity contribution in [2.75, 3.05) is 6.54 Å². The molecule has 3 amide bonds. The van der Waals surface area contributed by atoms with E-state index in [-0.39, 0.29) is 17.6 Å². The summed E-state index contributed by atoms with van der Waals surface area (Å²) in [6.07, 6.45) is 7.04. The number of amides is 3. The van der Waals surface area contributed by atoms with E-state index in [0.29, 0.717) is 38.6 Å². The summed E-state index contributed by atoms with van der Waals surface area (Å²) in [6.45, 7) is 2.36. The number of rotatable bonds is 11. The molecule has 23 heavy (non-hydrogen) atoms. The Hall–Kier alpha value is -2.02. The van der Waals surface area contributed by atoms with E-state index >= 15 is 0 Å². The van der Waals surface area contributed by atoms with Crippen molar-refractivity contribution < 1.29 is 19.2 Å². The van der Waals surface area contributed by atoms with Crippen LogP contribution in [0.5, 0.6) is 0 Å². The maximum Gasteiger partial charge on any atom is 0.253 e. The molecule has 7 nitrogen and oxygen atoms in total. The lowest BCUT2D eigenvalue weighted by atomic mass is 9.93. The number of hydrogen-bond donors (Lipinski definition) is 2. The van der Waals surface area contributed by atoms with Gasteiger partial charge in [0.1, 0.15) is 5.78 Å². The van der Waals surface area contributed by atoms with Crippen molar-refractivity contribution >= 4 is 23.5 Å². The number of Topliss-reactive ketones (excluding diaryl/α,β-unsaturated/α-hetero) is 1. The minimum Gasteiger partial charge on any atom is -0.299 e. The highest BCUT2D eigenvalue weighted by molar-refractivity contribution is 6.12.